The maximum Gasteiger partial charge on any atom is 0.243 e. The van der Waals surface area contributed by atoms with Crippen LogP contribution in [0.5, 0.6) is 0 Å². The normalized spacial score (nSPS) is 12.1. The van der Waals surface area contributed by atoms with Crippen molar-refractivity contribution in [3.63, 3.8) is 0 Å². The van der Waals surface area contributed by atoms with E-state index in [1.54, 1.807) is 11.0 Å². The third kappa shape index (κ3) is 7.74. The van der Waals surface area contributed by atoms with Crippen molar-refractivity contribution in [2.75, 3.05) is 0 Å². The van der Waals surface area contributed by atoms with Crippen molar-refractivity contribution in [2.45, 2.75) is 58.7 Å². The molecule has 3 aromatic carbocycles. The van der Waals surface area contributed by atoms with E-state index < -0.39 is 11.6 Å². The van der Waals surface area contributed by atoms with Crippen molar-refractivity contribution in [3.8, 4) is 0 Å². The van der Waals surface area contributed by atoms with Gasteiger partial charge in [0, 0.05) is 23.5 Å². The van der Waals surface area contributed by atoms with Gasteiger partial charge in [0.05, 0.1) is 6.42 Å². The molecule has 3 aromatic rings. The first-order chi connectivity index (χ1) is 16.1. The molecule has 0 saturated heterocycles. The van der Waals surface area contributed by atoms with Crippen molar-refractivity contribution in [3.05, 3.63) is 106 Å². The zero-order valence-corrected chi connectivity index (χ0v) is 21.1. The maximum atomic E-state index is 13.7. The highest BCUT2D eigenvalue weighted by Crippen LogP contribution is 2.19. The number of hydrogen-bond acceptors (Lipinski definition) is 2. The number of nitrogens with zero attached hydrogens (tertiary/aromatic N) is 1. The van der Waals surface area contributed by atoms with Crippen LogP contribution in [0.15, 0.2) is 78.9 Å². The Morgan fingerprint density at radius 2 is 1.53 bits per heavy atom. The number of aryl methyl sites for hydroxylation is 1. The summed E-state index contributed by atoms with van der Waals surface area (Å²) in [5.74, 6) is -0.274. The van der Waals surface area contributed by atoms with Gasteiger partial charge in [0.1, 0.15) is 6.04 Å². The zero-order chi connectivity index (χ0) is 24.7. The topological polar surface area (TPSA) is 49.4 Å². The van der Waals surface area contributed by atoms with Crippen LogP contribution in [0.3, 0.4) is 0 Å². The number of carbonyl (C=O) groups is 2. The van der Waals surface area contributed by atoms with Crippen LogP contribution in [-0.2, 0) is 29.0 Å². The van der Waals surface area contributed by atoms with E-state index in [0.717, 1.165) is 22.3 Å². The van der Waals surface area contributed by atoms with Gasteiger partial charge in [-0.2, -0.15) is 0 Å². The molecule has 0 aliphatic rings. The van der Waals surface area contributed by atoms with E-state index in [1.165, 1.54) is 0 Å². The van der Waals surface area contributed by atoms with Gasteiger partial charge in [-0.3, -0.25) is 9.59 Å². The van der Waals surface area contributed by atoms with Gasteiger partial charge in [0.25, 0.3) is 0 Å². The van der Waals surface area contributed by atoms with Gasteiger partial charge in [0.2, 0.25) is 11.8 Å². The summed E-state index contributed by atoms with van der Waals surface area (Å²) < 4.78 is 0. The number of hydrogen-bond donors (Lipinski definition) is 1. The number of nitrogens with one attached hydrogen (secondary N) is 1. The number of benzene rings is 3. The van der Waals surface area contributed by atoms with Gasteiger partial charge in [-0.15, -0.1) is 0 Å². The standard InChI is InChI=1S/C29H33ClN2O2/c1-21-13-15-23(16-14-21)19-27(33)32(20-24-11-8-12-25(30)17-24)26(28(34)31-29(2,3)4)18-22-9-6-5-7-10-22/h5-17,26H,18-20H2,1-4H3,(H,31,34)/t26-/m0/s1. The monoisotopic (exact) mass is 476 g/mol. The predicted octanol–water partition coefficient (Wildman–Crippen LogP) is 5.75. The third-order valence-corrected chi connectivity index (χ3v) is 5.72. The molecule has 0 aliphatic carbocycles. The molecule has 0 unspecified atom stereocenters. The van der Waals surface area contributed by atoms with Crippen molar-refractivity contribution >= 4 is 23.4 Å². The minimum atomic E-state index is -0.668. The second kappa shape index (κ2) is 11.3. The molecule has 1 N–H and O–H groups in total. The number of halogens is 1. The molecule has 0 heterocycles. The van der Waals surface area contributed by atoms with Crippen molar-refractivity contribution in [1.82, 2.24) is 10.2 Å². The van der Waals surface area contributed by atoms with E-state index in [-0.39, 0.29) is 18.2 Å². The summed E-state index contributed by atoms with van der Waals surface area (Å²) in [6, 6.07) is 24.5. The molecule has 0 bridgehead atoms. The molecular formula is C29H33ClN2O2. The number of carbonyl (C=O) groups excluding carboxylic acids is 2. The van der Waals surface area contributed by atoms with Crippen LogP contribution < -0.4 is 5.32 Å². The fourth-order valence-corrected chi connectivity index (χ4v) is 4.03. The molecule has 3 rings (SSSR count). The van der Waals surface area contributed by atoms with E-state index >= 15 is 0 Å². The van der Waals surface area contributed by atoms with E-state index in [9.17, 15) is 9.59 Å². The number of rotatable bonds is 8. The summed E-state index contributed by atoms with van der Waals surface area (Å²) in [5, 5.41) is 3.68. The SMILES string of the molecule is Cc1ccc(CC(=O)N(Cc2cccc(Cl)c2)[C@@H](Cc2ccccc2)C(=O)NC(C)(C)C)cc1. The molecule has 1 atom stereocenters. The lowest BCUT2D eigenvalue weighted by atomic mass is 9.99. The molecule has 0 spiro atoms. The Labute approximate surface area is 207 Å². The molecule has 0 aliphatic heterocycles. The maximum absolute atomic E-state index is 13.7. The largest absolute Gasteiger partial charge is 0.350 e. The van der Waals surface area contributed by atoms with Crippen LogP contribution >= 0.6 is 11.6 Å². The predicted molar refractivity (Wildman–Crippen MR) is 139 cm³/mol. The average molecular weight is 477 g/mol. The van der Waals surface area contributed by atoms with E-state index in [0.29, 0.717) is 18.0 Å². The second-order valence-electron chi connectivity index (χ2n) is 9.76. The fraction of sp³-hybridized carbons (Fsp3) is 0.310. The molecule has 0 fully saturated rings. The summed E-state index contributed by atoms with van der Waals surface area (Å²) in [5.41, 5.74) is 3.51. The fourth-order valence-electron chi connectivity index (χ4n) is 3.82. The zero-order valence-electron chi connectivity index (χ0n) is 20.3. The molecule has 5 heteroatoms. The van der Waals surface area contributed by atoms with Gasteiger partial charge in [-0.05, 0) is 56.5 Å². The lowest BCUT2D eigenvalue weighted by Gasteiger charge is -2.34. The summed E-state index contributed by atoms with van der Waals surface area (Å²) in [6.45, 7) is 8.14. The summed E-state index contributed by atoms with van der Waals surface area (Å²) in [7, 11) is 0. The average Bonchev–Trinajstić information content (AvgIpc) is 2.77. The van der Waals surface area contributed by atoms with Crippen molar-refractivity contribution in [1.29, 1.82) is 0 Å². The minimum absolute atomic E-state index is 0.103. The van der Waals surface area contributed by atoms with Crippen LogP contribution in [0.2, 0.25) is 5.02 Å². The Hall–Kier alpha value is -3.11. The molecule has 178 valence electrons. The van der Waals surface area contributed by atoms with Gasteiger partial charge in [-0.25, -0.2) is 0 Å². The third-order valence-electron chi connectivity index (χ3n) is 5.49. The lowest BCUT2D eigenvalue weighted by Crippen LogP contribution is -2.54. The Morgan fingerprint density at radius 3 is 2.15 bits per heavy atom. The van der Waals surface area contributed by atoms with Gasteiger partial charge < -0.3 is 10.2 Å². The minimum Gasteiger partial charge on any atom is -0.350 e. The van der Waals surface area contributed by atoms with Crippen LogP contribution in [0.1, 0.15) is 43.0 Å². The van der Waals surface area contributed by atoms with E-state index in [2.05, 4.69) is 5.32 Å². The molecule has 34 heavy (non-hydrogen) atoms. The van der Waals surface area contributed by atoms with Crippen LogP contribution in [0.4, 0.5) is 0 Å². The molecule has 0 radical (unpaired) electrons. The summed E-state index contributed by atoms with van der Waals surface area (Å²) >= 11 is 6.23. The Kier molecular flexibility index (Phi) is 8.51. The highest BCUT2D eigenvalue weighted by atomic mass is 35.5. The first-order valence-corrected chi connectivity index (χ1v) is 11.9. The van der Waals surface area contributed by atoms with Crippen LogP contribution in [-0.4, -0.2) is 28.3 Å². The molecule has 4 nitrogen and oxygen atoms in total. The highest BCUT2D eigenvalue weighted by molar-refractivity contribution is 6.30. The molecule has 0 aromatic heterocycles. The van der Waals surface area contributed by atoms with Crippen LogP contribution in [0, 0.1) is 6.92 Å². The molecule has 2 amide bonds. The van der Waals surface area contributed by atoms with Crippen molar-refractivity contribution in [2.24, 2.45) is 0 Å². The highest BCUT2D eigenvalue weighted by Gasteiger charge is 2.32. The van der Waals surface area contributed by atoms with Crippen LogP contribution in [0.25, 0.3) is 0 Å². The summed E-state index contributed by atoms with van der Waals surface area (Å²) in [4.78, 5) is 28.9. The molecular weight excluding hydrogens is 444 g/mol. The first-order valence-electron chi connectivity index (χ1n) is 11.6. The van der Waals surface area contributed by atoms with E-state index in [1.807, 2.05) is 100 Å². The second-order valence-corrected chi connectivity index (χ2v) is 10.2. The summed E-state index contributed by atoms with van der Waals surface area (Å²) in [6.07, 6.45) is 0.637. The lowest BCUT2D eigenvalue weighted by molar-refractivity contribution is -0.141. The van der Waals surface area contributed by atoms with Crippen molar-refractivity contribution < 1.29 is 9.59 Å². The first kappa shape index (κ1) is 25.5. The van der Waals surface area contributed by atoms with Gasteiger partial charge in [-0.1, -0.05) is 83.9 Å². The smallest absolute Gasteiger partial charge is 0.243 e. The van der Waals surface area contributed by atoms with E-state index in [4.69, 9.17) is 11.6 Å². The molecule has 0 saturated carbocycles. The van der Waals surface area contributed by atoms with Gasteiger partial charge in [0.15, 0.2) is 0 Å². The Balaban J connectivity index is 1.98. The Morgan fingerprint density at radius 1 is 0.882 bits per heavy atom. The Bertz CT molecular complexity index is 1100. The van der Waals surface area contributed by atoms with Gasteiger partial charge >= 0.3 is 0 Å². The number of amides is 2. The quantitative estimate of drug-likeness (QED) is 0.450.